The van der Waals surface area contributed by atoms with Crippen molar-refractivity contribution in [3.63, 3.8) is 0 Å². The lowest BCUT2D eigenvalue weighted by atomic mass is 10.2. The van der Waals surface area contributed by atoms with E-state index in [2.05, 4.69) is 29.8 Å². The van der Waals surface area contributed by atoms with Crippen LogP contribution in [0.25, 0.3) is 0 Å². The molecule has 1 aliphatic heterocycles. The minimum Gasteiger partial charge on any atom is -0.374 e. The maximum Gasteiger partial charge on any atom is 0.0829 e. The summed E-state index contributed by atoms with van der Waals surface area (Å²) in [4.78, 5) is 4.60. The highest BCUT2D eigenvalue weighted by Gasteiger charge is 2.20. The summed E-state index contributed by atoms with van der Waals surface area (Å²) in [7, 11) is 2.06. The number of rotatable bonds is 5. The number of hydrogen-bond donors (Lipinski definition) is 0. The highest BCUT2D eigenvalue weighted by molar-refractivity contribution is 4.82. The van der Waals surface area contributed by atoms with Gasteiger partial charge in [-0.15, -0.1) is 0 Å². The molecule has 2 atom stereocenters. The fourth-order valence-electron chi connectivity index (χ4n) is 2.11. The zero-order valence-electron chi connectivity index (χ0n) is 10.6. The highest BCUT2D eigenvalue weighted by atomic mass is 16.5. The molecule has 0 aromatic heterocycles. The SMILES string of the molecule is CCN1CCOC(CN(C)CC(C)C#N)C1. The molecule has 0 saturated carbocycles. The second kappa shape index (κ2) is 6.85. The third-order valence-corrected chi connectivity index (χ3v) is 2.99. The van der Waals surface area contributed by atoms with Crippen molar-refractivity contribution in [1.82, 2.24) is 9.80 Å². The highest BCUT2D eigenvalue weighted by Crippen LogP contribution is 2.07. The molecule has 16 heavy (non-hydrogen) atoms. The molecule has 0 bridgehead atoms. The van der Waals surface area contributed by atoms with Gasteiger partial charge in [0.25, 0.3) is 0 Å². The zero-order valence-corrected chi connectivity index (χ0v) is 10.6. The van der Waals surface area contributed by atoms with Gasteiger partial charge in [0.05, 0.1) is 24.7 Å². The standard InChI is InChI=1S/C12H23N3O/c1-4-15-5-6-16-12(10-15)9-14(3)8-11(2)7-13/h11-12H,4-6,8-10H2,1-3H3. The Balaban J connectivity index is 2.28. The van der Waals surface area contributed by atoms with Crippen LogP contribution in [0.4, 0.5) is 0 Å². The molecule has 1 rings (SSSR count). The summed E-state index contributed by atoms with van der Waals surface area (Å²) >= 11 is 0. The number of morpholine rings is 1. The number of ether oxygens (including phenoxy) is 1. The van der Waals surface area contributed by atoms with Gasteiger partial charge in [0.2, 0.25) is 0 Å². The lowest BCUT2D eigenvalue weighted by molar-refractivity contribution is -0.0394. The van der Waals surface area contributed by atoms with Crippen molar-refractivity contribution in [2.24, 2.45) is 5.92 Å². The lowest BCUT2D eigenvalue weighted by Crippen LogP contribution is -2.47. The Kier molecular flexibility index (Phi) is 5.75. The number of nitrogens with zero attached hydrogens (tertiary/aromatic N) is 3. The molecule has 1 heterocycles. The van der Waals surface area contributed by atoms with Crippen molar-refractivity contribution >= 4 is 0 Å². The van der Waals surface area contributed by atoms with E-state index in [-0.39, 0.29) is 5.92 Å². The van der Waals surface area contributed by atoms with Crippen molar-refractivity contribution in [2.75, 3.05) is 46.4 Å². The van der Waals surface area contributed by atoms with Gasteiger partial charge < -0.3 is 9.64 Å². The Morgan fingerprint density at radius 1 is 1.62 bits per heavy atom. The minimum atomic E-state index is 0.0934. The van der Waals surface area contributed by atoms with Gasteiger partial charge in [0.1, 0.15) is 0 Å². The van der Waals surface area contributed by atoms with Gasteiger partial charge in [-0.1, -0.05) is 6.92 Å². The molecule has 1 aliphatic rings. The second-order valence-corrected chi connectivity index (χ2v) is 4.64. The Hall–Kier alpha value is -0.630. The van der Waals surface area contributed by atoms with E-state index in [4.69, 9.17) is 10.00 Å². The molecule has 0 spiro atoms. The summed E-state index contributed by atoms with van der Waals surface area (Å²) in [6, 6.07) is 2.26. The monoisotopic (exact) mass is 225 g/mol. The third kappa shape index (κ3) is 4.48. The molecule has 0 amide bonds. The molecule has 0 aromatic carbocycles. The summed E-state index contributed by atoms with van der Waals surface area (Å²) < 4.78 is 5.73. The second-order valence-electron chi connectivity index (χ2n) is 4.64. The van der Waals surface area contributed by atoms with Crippen molar-refractivity contribution in [3.8, 4) is 6.07 Å². The van der Waals surface area contributed by atoms with Crippen molar-refractivity contribution in [3.05, 3.63) is 0 Å². The first-order valence-electron chi connectivity index (χ1n) is 6.07. The number of likely N-dealkylation sites (N-methyl/N-ethyl adjacent to an activating group) is 2. The van der Waals surface area contributed by atoms with E-state index < -0.39 is 0 Å². The maximum atomic E-state index is 8.75. The largest absolute Gasteiger partial charge is 0.374 e. The Morgan fingerprint density at radius 3 is 3.00 bits per heavy atom. The van der Waals surface area contributed by atoms with E-state index >= 15 is 0 Å². The molecule has 0 aromatic rings. The van der Waals surface area contributed by atoms with Gasteiger partial charge in [0.15, 0.2) is 0 Å². The van der Waals surface area contributed by atoms with Gasteiger partial charge in [0, 0.05) is 26.2 Å². The van der Waals surface area contributed by atoms with Crippen LogP contribution in [-0.2, 0) is 4.74 Å². The van der Waals surface area contributed by atoms with Crippen molar-refractivity contribution in [2.45, 2.75) is 20.0 Å². The van der Waals surface area contributed by atoms with Crippen LogP contribution >= 0.6 is 0 Å². The average Bonchev–Trinajstić information content (AvgIpc) is 2.28. The molecule has 4 heteroatoms. The molecular formula is C12H23N3O. The van der Waals surface area contributed by atoms with Crippen LogP contribution in [0.15, 0.2) is 0 Å². The first kappa shape index (κ1) is 13.4. The first-order valence-corrected chi connectivity index (χ1v) is 6.07. The Bertz CT molecular complexity index is 239. The number of nitriles is 1. The predicted molar refractivity (Wildman–Crippen MR) is 64.1 cm³/mol. The van der Waals surface area contributed by atoms with E-state index in [0.717, 1.165) is 39.3 Å². The molecular weight excluding hydrogens is 202 g/mol. The van der Waals surface area contributed by atoms with Crippen LogP contribution < -0.4 is 0 Å². The third-order valence-electron chi connectivity index (χ3n) is 2.99. The number of hydrogen-bond acceptors (Lipinski definition) is 4. The fraction of sp³-hybridized carbons (Fsp3) is 0.917. The summed E-state index contributed by atoms with van der Waals surface area (Å²) in [6.45, 7) is 9.87. The molecule has 0 aliphatic carbocycles. The van der Waals surface area contributed by atoms with Crippen LogP contribution in [0.2, 0.25) is 0 Å². The van der Waals surface area contributed by atoms with E-state index in [1.54, 1.807) is 0 Å². The maximum absolute atomic E-state index is 8.75. The van der Waals surface area contributed by atoms with Crippen molar-refractivity contribution in [1.29, 1.82) is 5.26 Å². The predicted octanol–water partition coefficient (Wildman–Crippen LogP) is 0.799. The van der Waals surface area contributed by atoms with Gasteiger partial charge >= 0.3 is 0 Å². The van der Waals surface area contributed by atoms with E-state index in [1.807, 2.05) is 6.92 Å². The summed E-state index contributed by atoms with van der Waals surface area (Å²) in [5.41, 5.74) is 0. The summed E-state index contributed by atoms with van der Waals surface area (Å²) in [5.74, 6) is 0.0934. The van der Waals surface area contributed by atoms with Gasteiger partial charge in [-0.05, 0) is 20.5 Å². The molecule has 0 N–H and O–H groups in total. The Morgan fingerprint density at radius 2 is 2.38 bits per heavy atom. The average molecular weight is 225 g/mol. The van der Waals surface area contributed by atoms with Crippen LogP contribution in [0.3, 0.4) is 0 Å². The molecule has 92 valence electrons. The summed E-state index contributed by atoms with van der Waals surface area (Å²) in [5, 5.41) is 8.75. The quantitative estimate of drug-likeness (QED) is 0.694. The van der Waals surface area contributed by atoms with E-state index in [9.17, 15) is 0 Å². The normalized spacial score (nSPS) is 24.3. The first-order chi connectivity index (χ1) is 7.65. The topological polar surface area (TPSA) is 39.5 Å². The van der Waals surface area contributed by atoms with Crippen molar-refractivity contribution < 1.29 is 4.74 Å². The molecule has 4 nitrogen and oxygen atoms in total. The fourth-order valence-corrected chi connectivity index (χ4v) is 2.11. The van der Waals surface area contributed by atoms with Gasteiger partial charge in [-0.3, -0.25) is 4.90 Å². The van der Waals surface area contributed by atoms with Crippen LogP contribution in [0.5, 0.6) is 0 Å². The van der Waals surface area contributed by atoms with Gasteiger partial charge in [-0.2, -0.15) is 5.26 Å². The summed E-state index contributed by atoms with van der Waals surface area (Å²) in [6.07, 6.45) is 0.296. The van der Waals surface area contributed by atoms with Crippen LogP contribution in [0, 0.1) is 17.2 Å². The van der Waals surface area contributed by atoms with E-state index in [0.29, 0.717) is 6.10 Å². The molecule has 1 saturated heterocycles. The van der Waals surface area contributed by atoms with Crippen LogP contribution in [-0.4, -0.2) is 62.3 Å². The molecule has 0 radical (unpaired) electrons. The lowest BCUT2D eigenvalue weighted by Gasteiger charge is -2.34. The van der Waals surface area contributed by atoms with E-state index in [1.165, 1.54) is 0 Å². The Labute approximate surface area is 98.8 Å². The molecule has 2 unspecified atom stereocenters. The minimum absolute atomic E-state index is 0.0934. The molecule has 1 fully saturated rings. The van der Waals surface area contributed by atoms with Gasteiger partial charge in [-0.25, -0.2) is 0 Å². The smallest absolute Gasteiger partial charge is 0.0829 e. The zero-order chi connectivity index (χ0) is 12.0. The van der Waals surface area contributed by atoms with Crippen LogP contribution in [0.1, 0.15) is 13.8 Å².